The van der Waals surface area contributed by atoms with E-state index in [0.717, 1.165) is 22.2 Å². The summed E-state index contributed by atoms with van der Waals surface area (Å²) in [5.74, 6) is 4.89. The molecule has 27 heavy (non-hydrogen) atoms. The third-order valence-corrected chi connectivity index (χ3v) is 4.33. The highest BCUT2D eigenvalue weighted by molar-refractivity contribution is 6.03. The number of nitrogens with zero attached hydrogens (tertiary/aromatic N) is 4. The maximum Gasteiger partial charge on any atom is 0.337 e. The van der Waals surface area contributed by atoms with E-state index in [1.807, 2.05) is 36.5 Å². The lowest BCUT2D eigenvalue weighted by atomic mass is 10.1. The Morgan fingerprint density at radius 2 is 1.96 bits per heavy atom. The highest BCUT2D eigenvalue weighted by Crippen LogP contribution is 2.24. The largest absolute Gasteiger partial charge is 0.478 e. The molecule has 0 fully saturated rings. The van der Waals surface area contributed by atoms with Crippen LogP contribution in [0.3, 0.4) is 0 Å². The third kappa shape index (κ3) is 3.07. The van der Waals surface area contributed by atoms with Gasteiger partial charge in [0.25, 0.3) is 0 Å². The minimum atomic E-state index is -0.980. The molecule has 2 aromatic carbocycles. The van der Waals surface area contributed by atoms with Crippen LogP contribution >= 0.6 is 0 Å². The Hall–Kier alpha value is -3.85. The van der Waals surface area contributed by atoms with Gasteiger partial charge in [-0.25, -0.2) is 9.48 Å². The maximum absolute atomic E-state index is 11.7. The summed E-state index contributed by atoms with van der Waals surface area (Å²) in [6, 6.07) is 13.1. The molecule has 0 unspecified atom stereocenters. The van der Waals surface area contributed by atoms with E-state index in [9.17, 15) is 9.90 Å². The molecule has 0 spiro atoms. The van der Waals surface area contributed by atoms with Crippen molar-refractivity contribution < 1.29 is 9.90 Å². The molecule has 6 heteroatoms. The second-order valence-corrected chi connectivity index (χ2v) is 6.02. The Bertz CT molecular complexity index is 1180. The first kappa shape index (κ1) is 16.6. The molecule has 132 valence electrons. The van der Waals surface area contributed by atoms with Gasteiger partial charge in [-0.2, -0.15) is 10.2 Å². The molecule has 0 aliphatic heterocycles. The van der Waals surface area contributed by atoms with Gasteiger partial charge in [-0.3, -0.25) is 4.68 Å². The quantitative estimate of drug-likeness (QED) is 0.569. The summed E-state index contributed by atoms with van der Waals surface area (Å²) in [6.45, 7) is 2.22. The van der Waals surface area contributed by atoms with Crippen molar-refractivity contribution in [1.29, 1.82) is 0 Å². The smallest absolute Gasteiger partial charge is 0.337 e. The van der Waals surface area contributed by atoms with E-state index in [4.69, 9.17) is 0 Å². The van der Waals surface area contributed by atoms with Gasteiger partial charge >= 0.3 is 5.97 Å². The zero-order valence-electron chi connectivity index (χ0n) is 14.6. The Morgan fingerprint density at radius 1 is 1.15 bits per heavy atom. The summed E-state index contributed by atoms with van der Waals surface area (Å²) in [6.07, 6.45) is 5.29. The molecule has 4 rings (SSSR count). The van der Waals surface area contributed by atoms with Gasteiger partial charge in [0.2, 0.25) is 0 Å². The Labute approximate surface area is 155 Å². The van der Waals surface area contributed by atoms with Crippen LogP contribution in [0.2, 0.25) is 0 Å². The topological polar surface area (TPSA) is 72.9 Å². The van der Waals surface area contributed by atoms with Crippen LogP contribution in [0.1, 0.15) is 28.4 Å². The second-order valence-electron chi connectivity index (χ2n) is 6.02. The summed E-state index contributed by atoms with van der Waals surface area (Å²) in [7, 11) is 0. The number of hydrogen-bond donors (Lipinski definition) is 1. The molecule has 0 radical (unpaired) electrons. The van der Waals surface area contributed by atoms with Gasteiger partial charge in [0.15, 0.2) is 0 Å². The van der Waals surface area contributed by atoms with Crippen LogP contribution in [-0.2, 0) is 6.54 Å². The first-order valence-electron chi connectivity index (χ1n) is 8.41. The SMILES string of the molecule is CC#Cc1ccc(C(=O)O)c2c1cnn2Cc1ccc(-n2cccn2)cc1. The Morgan fingerprint density at radius 3 is 2.63 bits per heavy atom. The van der Waals surface area contributed by atoms with Crippen LogP contribution < -0.4 is 0 Å². The van der Waals surface area contributed by atoms with E-state index >= 15 is 0 Å². The van der Waals surface area contributed by atoms with Crippen LogP contribution in [0.25, 0.3) is 16.6 Å². The van der Waals surface area contributed by atoms with Gasteiger partial charge in [-0.05, 0) is 42.8 Å². The first-order valence-corrected chi connectivity index (χ1v) is 8.41. The van der Waals surface area contributed by atoms with Crippen molar-refractivity contribution >= 4 is 16.9 Å². The van der Waals surface area contributed by atoms with Crippen molar-refractivity contribution in [1.82, 2.24) is 19.6 Å². The van der Waals surface area contributed by atoms with Gasteiger partial charge in [0.1, 0.15) is 0 Å². The van der Waals surface area contributed by atoms with Crippen LogP contribution in [-0.4, -0.2) is 30.6 Å². The molecule has 0 aliphatic carbocycles. The molecule has 4 aromatic rings. The first-order chi connectivity index (χ1) is 13.2. The molecule has 6 nitrogen and oxygen atoms in total. The van der Waals surface area contributed by atoms with Gasteiger partial charge < -0.3 is 5.11 Å². The molecular formula is C21H16N4O2. The fraction of sp³-hybridized carbons (Fsp3) is 0.0952. The number of carbonyl (C=O) groups is 1. The fourth-order valence-electron chi connectivity index (χ4n) is 3.09. The molecule has 0 saturated carbocycles. The van der Waals surface area contributed by atoms with Crippen LogP contribution in [0.15, 0.2) is 61.1 Å². The van der Waals surface area contributed by atoms with Crippen molar-refractivity contribution in [2.45, 2.75) is 13.5 Å². The van der Waals surface area contributed by atoms with E-state index < -0.39 is 5.97 Å². The highest BCUT2D eigenvalue weighted by atomic mass is 16.4. The average molecular weight is 356 g/mol. The molecule has 0 aliphatic rings. The van der Waals surface area contributed by atoms with E-state index in [0.29, 0.717) is 12.1 Å². The standard InChI is InChI=1S/C21H16N4O2/c1-2-4-16-7-10-18(21(26)27)20-19(16)13-23-25(20)14-15-5-8-17(9-6-15)24-12-3-11-22-24/h3,5-13H,14H2,1H3,(H,26,27). The summed E-state index contributed by atoms with van der Waals surface area (Å²) >= 11 is 0. The van der Waals surface area contributed by atoms with E-state index in [2.05, 4.69) is 22.0 Å². The summed E-state index contributed by atoms with van der Waals surface area (Å²) < 4.78 is 3.49. The van der Waals surface area contributed by atoms with E-state index in [-0.39, 0.29) is 5.56 Å². The lowest BCUT2D eigenvalue weighted by molar-refractivity contribution is 0.0698. The number of hydrogen-bond acceptors (Lipinski definition) is 3. The van der Waals surface area contributed by atoms with Crippen molar-refractivity contribution in [2.75, 3.05) is 0 Å². The zero-order valence-corrected chi connectivity index (χ0v) is 14.6. The summed E-state index contributed by atoms with van der Waals surface area (Å²) in [5.41, 5.74) is 3.55. The normalized spacial score (nSPS) is 10.6. The van der Waals surface area contributed by atoms with Gasteiger partial charge in [0.05, 0.1) is 29.5 Å². The molecule has 0 saturated heterocycles. The number of fused-ring (bicyclic) bond motifs is 1. The monoisotopic (exact) mass is 356 g/mol. The molecule has 0 amide bonds. The molecule has 2 heterocycles. The van der Waals surface area contributed by atoms with E-state index in [1.54, 1.807) is 40.8 Å². The Kier molecular flexibility index (Phi) is 4.19. The van der Waals surface area contributed by atoms with Crippen LogP contribution in [0.4, 0.5) is 0 Å². The lowest BCUT2D eigenvalue weighted by Crippen LogP contribution is -2.07. The fourth-order valence-corrected chi connectivity index (χ4v) is 3.09. The van der Waals surface area contributed by atoms with Crippen molar-refractivity contribution in [3.63, 3.8) is 0 Å². The molecule has 0 bridgehead atoms. The summed E-state index contributed by atoms with van der Waals surface area (Å²) in [5, 5.41) is 18.9. The number of benzene rings is 2. The highest BCUT2D eigenvalue weighted by Gasteiger charge is 2.16. The number of aromatic nitrogens is 4. The average Bonchev–Trinajstić information content (AvgIpc) is 3.34. The molecule has 2 aromatic heterocycles. The summed E-state index contributed by atoms with van der Waals surface area (Å²) in [4.78, 5) is 11.7. The minimum absolute atomic E-state index is 0.220. The number of rotatable bonds is 4. The maximum atomic E-state index is 11.7. The van der Waals surface area contributed by atoms with Crippen molar-refractivity contribution in [3.8, 4) is 17.5 Å². The van der Waals surface area contributed by atoms with Gasteiger partial charge in [-0.1, -0.05) is 18.1 Å². The predicted octanol–water partition coefficient (Wildman–Crippen LogP) is 3.34. The zero-order chi connectivity index (χ0) is 18.8. The molecule has 0 atom stereocenters. The molecule has 1 N–H and O–H groups in total. The number of carboxylic acids is 1. The van der Waals surface area contributed by atoms with Crippen LogP contribution in [0, 0.1) is 11.8 Å². The van der Waals surface area contributed by atoms with Crippen LogP contribution in [0.5, 0.6) is 0 Å². The second kappa shape index (κ2) is 6.81. The van der Waals surface area contributed by atoms with Gasteiger partial charge in [-0.15, -0.1) is 5.92 Å². The third-order valence-electron chi connectivity index (χ3n) is 4.33. The molecular weight excluding hydrogens is 340 g/mol. The predicted molar refractivity (Wildman–Crippen MR) is 102 cm³/mol. The lowest BCUT2D eigenvalue weighted by Gasteiger charge is -2.08. The van der Waals surface area contributed by atoms with Crippen molar-refractivity contribution in [3.05, 3.63) is 77.7 Å². The van der Waals surface area contributed by atoms with E-state index in [1.165, 1.54) is 0 Å². The number of aromatic carboxylic acids is 1. The minimum Gasteiger partial charge on any atom is -0.478 e. The van der Waals surface area contributed by atoms with Gasteiger partial charge in [0, 0.05) is 23.3 Å². The Balaban J connectivity index is 1.74. The van der Waals surface area contributed by atoms with Crippen molar-refractivity contribution in [2.24, 2.45) is 0 Å². The number of carboxylic acid groups (broad SMARTS) is 1.